The lowest BCUT2D eigenvalue weighted by Crippen LogP contribution is -1.97. The van der Waals surface area contributed by atoms with E-state index in [9.17, 15) is 9.18 Å². The number of nitrogens with two attached hydrogens (primary N) is 1. The van der Waals surface area contributed by atoms with E-state index in [1.54, 1.807) is 13.0 Å². The SMILES string of the molecule is COC(=O)C=Cc1ccc(N)c(C)c1F. The Morgan fingerprint density at radius 2 is 2.20 bits per heavy atom. The van der Waals surface area contributed by atoms with Gasteiger partial charge < -0.3 is 10.5 Å². The molecule has 0 amide bonds. The zero-order valence-electron chi connectivity index (χ0n) is 8.58. The summed E-state index contributed by atoms with van der Waals surface area (Å²) in [5, 5.41) is 0. The summed E-state index contributed by atoms with van der Waals surface area (Å²) in [4.78, 5) is 10.8. The van der Waals surface area contributed by atoms with Crippen molar-refractivity contribution in [3.63, 3.8) is 0 Å². The van der Waals surface area contributed by atoms with Crippen LogP contribution in [0.1, 0.15) is 11.1 Å². The van der Waals surface area contributed by atoms with Crippen molar-refractivity contribution in [2.75, 3.05) is 12.8 Å². The van der Waals surface area contributed by atoms with Gasteiger partial charge in [0.15, 0.2) is 0 Å². The third kappa shape index (κ3) is 2.56. The molecule has 0 aromatic heterocycles. The molecule has 0 saturated heterocycles. The van der Waals surface area contributed by atoms with Crippen LogP contribution in [0.5, 0.6) is 0 Å². The van der Waals surface area contributed by atoms with E-state index in [1.165, 1.54) is 19.3 Å². The van der Waals surface area contributed by atoms with E-state index in [4.69, 9.17) is 5.73 Å². The minimum absolute atomic E-state index is 0.312. The van der Waals surface area contributed by atoms with Crippen LogP contribution < -0.4 is 5.73 Å². The fraction of sp³-hybridized carbons (Fsp3) is 0.182. The Hall–Kier alpha value is -1.84. The second-order valence-corrected chi connectivity index (χ2v) is 3.04. The number of anilines is 1. The number of esters is 1. The topological polar surface area (TPSA) is 52.3 Å². The van der Waals surface area contributed by atoms with Crippen LogP contribution in [0.15, 0.2) is 18.2 Å². The van der Waals surface area contributed by atoms with Gasteiger partial charge in [0, 0.05) is 22.9 Å². The molecule has 0 saturated carbocycles. The molecule has 0 spiro atoms. The van der Waals surface area contributed by atoms with E-state index in [0.717, 1.165) is 6.08 Å². The number of hydrogen-bond donors (Lipinski definition) is 1. The lowest BCUT2D eigenvalue weighted by molar-refractivity contribution is -0.134. The average Bonchev–Trinajstić information content (AvgIpc) is 2.24. The van der Waals surface area contributed by atoms with Crippen molar-refractivity contribution in [3.05, 3.63) is 35.2 Å². The number of carbonyl (C=O) groups excluding carboxylic acids is 1. The second-order valence-electron chi connectivity index (χ2n) is 3.04. The van der Waals surface area contributed by atoms with E-state index >= 15 is 0 Å². The molecule has 0 bridgehead atoms. The zero-order chi connectivity index (χ0) is 11.4. The predicted molar refractivity (Wildman–Crippen MR) is 56.6 cm³/mol. The van der Waals surface area contributed by atoms with Crippen molar-refractivity contribution in [1.29, 1.82) is 0 Å². The summed E-state index contributed by atoms with van der Waals surface area (Å²) in [6.45, 7) is 1.58. The summed E-state index contributed by atoms with van der Waals surface area (Å²) in [6, 6.07) is 3.10. The summed E-state index contributed by atoms with van der Waals surface area (Å²) < 4.78 is 17.9. The van der Waals surface area contributed by atoms with Gasteiger partial charge in [0.05, 0.1) is 7.11 Å². The standard InChI is InChI=1S/C11H12FNO2/c1-7-9(13)5-3-8(11(7)12)4-6-10(14)15-2/h3-6H,13H2,1-2H3. The molecule has 15 heavy (non-hydrogen) atoms. The first-order chi connectivity index (χ1) is 7.06. The Kier molecular flexibility index (Phi) is 3.44. The van der Waals surface area contributed by atoms with Crippen molar-refractivity contribution >= 4 is 17.7 Å². The molecule has 0 radical (unpaired) electrons. The monoisotopic (exact) mass is 209 g/mol. The van der Waals surface area contributed by atoms with E-state index in [2.05, 4.69) is 4.74 Å². The average molecular weight is 209 g/mol. The summed E-state index contributed by atoms with van der Waals surface area (Å²) >= 11 is 0. The molecule has 4 heteroatoms. The van der Waals surface area contributed by atoms with Crippen molar-refractivity contribution in [2.24, 2.45) is 0 Å². The number of methoxy groups -OCH3 is 1. The maximum Gasteiger partial charge on any atom is 0.330 e. The van der Waals surface area contributed by atoms with E-state index in [0.29, 0.717) is 16.8 Å². The fourth-order valence-electron chi connectivity index (χ4n) is 1.08. The molecule has 3 nitrogen and oxygen atoms in total. The minimum atomic E-state index is -0.524. The molecule has 0 aliphatic heterocycles. The van der Waals surface area contributed by atoms with Gasteiger partial charge >= 0.3 is 5.97 Å². The number of benzene rings is 1. The molecule has 0 atom stereocenters. The molecule has 0 heterocycles. The molecule has 1 aromatic rings. The number of carbonyl (C=O) groups is 1. The Morgan fingerprint density at radius 3 is 2.80 bits per heavy atom. The lowest BCUT2D eigenvalue weighted by Gasteiger charge is -2.03. The molecule has 0 unspecified atom stereocenters. The van der Waals surface area contributed by atoms with Gasteiger partial charge in [0.2, 0.25) is 0 Å². The first kappa shape index (κ1) is 11.2. The molecule has 2 N–H and O–H groups in total. The summed E-state index contributed by atoms with van der Waals surface area (Å²) in [5.41, 5.74) is 6.60. The highest BCUT2D eigenvalue weighted by Gasteiger charge is 2.05. The van der Waals surface area contributed by atoms with Crippen molar-refractivity contribution in [1.82, 2.24) is 0 Å². The lowest BCUT2D eigenvalue weighted by atomic mass is 10.1. The normalized spacial score (nSPS) is 10.6. The second kappa shape index (κ2) is 4.59. The molecule has 0 aliphatic carbocycles. The van der Waals surface area contributed by atoms with Crippen LogP contribution in [-0.4, -0.2) is 13.1 Å². The third-order valence-corrected chi connectivity index (χ3v) is 2.06. The Morgan fingerprint density at radius 1 is 1.53 bits per heavy atom. The van der Waals surface area contributed by atoms with Gasteiger partial charge in [-0.15, -0.1) is 0 Å². The predicted octanol–water partition coefficient (Wildman–Crippen LogP) is 1.90. The van der Waals surface area contributed by atoms with Crippen molar-refractivity contribution in [2.45, 2.75) is 6.92 Å². The van der Waals surface area contributed by atoms with Crippen molar-refractivity contribution < 1.29 is 13.9 Å². The van der Waals surface area contributed by atoms with Crippen LogP contribution in [0, 0.1) is 12.7 Å². The highest BCUT2D eigenvalue weighted by atomic mass is 19.1. The number of ether oxygens (including phenoxy) is 1. The quantitative estimate of drug-likeness (QED) is 0.460. The largest absolute Gasteiger partial charge is 0.466 e. The first-order valence-corrected chi connectivity index (χ1v) is 4.37. The van der Waals surface area contributed by atoms with Gasteiger partial charge in [0.25, 0.3) is 0 Å². The molecule has 0 fully saturated rings. The number of hydrogen-bond acceptors (Lipinski definition) is 3. The third-order valence-electron chi connectivity index (χ3n) is 2.06. The van der Waals surface area contributed by atoms with Gasteiger partial charge in [-0.1, -0.05) is 0 Å². The summed E-state index contributed by atoms with van der Waals surface area (Å²) in [6.07, 6.45) is 2.52. The first-order valence-electron chi connectivity index (χ1n) is 4.37. The van der Waals surface area contributed by atoms with Gasteiger partial charge in [-0.05, 0) is 25.1 Å². The zero-order valence-corrected chi connectivity index (χ0v) is 8.58. The Balaban J connectivity index is 3.02. The number of rotatable bonds is 2. The van der Waals surface area contributed by atoms with E-state index < -0.39 is 11.8 Å². The van der Waals surface area contributed by atoms with Crippen molar-refractivity contribution in [3.8, 4) is 0 Å². The Labute approximate surface area is 87.3 Å². The van der Waals surface area contributed by atoms with E-state index in [-0.39, 0.29) is 0 Å². The van der Waals surface area contributed by atoms with E-state index in [1.807, 2.05) is 0 Å². The number of halogens is 1. The molecule has 0 aliphatic rings. The summed E-state index contributed by atoms with van der Waals surface area (Å²) in [5.74, 6) is -0.945. The smallest absolute Gasteiger partial charge is 0.330 e. The van der Waals surface area contributed by atoms with Crippen LogP contribution in [0.2, 0.25) is 0 Å². The maximum absolute atomic E-state index is 13.5. The van der Waals surface area contributed by atoms with Crippen LogP contribution in [0.3, 0.4) is 0 Å². The minimum Gasteiger partial charge on any atom is -0.466 e. The van der Waals surface area contributed by atoms with Crippen LogP contribution in [0.4, 0.5) is 10.1 Å². The van der Waals surface area contributed by atoms with Gasteiger partial charge in [-0.3, -0.25) is 0 Å². The summed E-state index contributed by atoms with van der Waals surface area (Å²) in [7, 11) is 1.26. The van der Waals surface area contributed by atoms with Gasteiger partial charge in [-0.2, -0.15) is 0 Å². The molecular formula is C11H12FNO2. The number of nitrogen functional groups attached to an aromatic ring is 1. The highest BCUT2D eigenvalue weighted by Crippen LogP contribution is 2.19. The molecule has 1 aromatic carbocycles. The maximum atomic E-state index is 13.5. The van der Waals surface area contributed by atoms with Crippen LogP contribution in [-0.2, 0) is 9.53 Å². The van der Waals surface area contributed by atoms with Gasteiger partial charge in [-0.25, -0.2) is 9.18 Å². The molecule has 1 rings (SSSR count). The highest BCUT2D eigenvalue weighted by molar-refractivity contribution is 5.87. The van der Waals surface area contributed by atoms with Crippen LogP contribution in [0.25, 0.3) is 6.08 Å². The Bertz CT molecular complexity index is 413. The van der Waals surface area contributed by atoms with Gasteiger partial charge in [0.1, 0.15) is 5.82 Å². The molecular weight excluding hydrogens is 197 g/mol. The van der Waals surface area contributed by atoms with Crippen LogP contribution >= 0.6 is 0 Å². The molecule has 80 valence electrons. The fourth-order valence-corrected chi connectivity index (χ4v) is 1.08.